The van der Waals surface area contributed by atoms with Crippen LogP contribution >= 0.6 is 11.8 Å². The Morgan fingerprint density at radius 2 is 2.23 bits per heavy atom. The van der Waals surface area contributed by atoms with Gasteiger partial charge >= 0.3 is 5.97 Å². The van der Waals surface area contributed by atoms with Crippen molar-refractivity contribution < 1.29 is 13.9 Å². The molecule has 6 nitrogen and oxygen atoms in total. The Bertz CT molecular complexity index is 691. The van der Waals surface area contributed by atoms with Crippen LogP contribution in [0.3, 0.4) is 0 Å². The maximum Gasteiger partial charge on any atom is 0.320 e. The van der Waals surface area contributed by atoms with Crippen molar-refractivity contribution in [2.75, 3.05) is 19.0 Å². The quantitative estimate of drug-likeness (QED) is 0.802. The number of nitrogens with zero attached hydrogens (tertiary/aromatic N) is 4. The highest BCUT2D eigenvalue weighted by Gasteiger charge is 2.25. The minimum atomic E-state index is -0.342. The summed E-state index contributed by atoms with van der Waals surface area (Å²) in [6, 6.07) is 6.45. The smallest absolute Gasteiger partial charge is 0.320 e. The largest absolute Gasteiger partial charge is 0.465 e. The predicted molar refractivity (Wildman–Crippen MR) is 79.5 cm³/mol. The molecule has 3 rings (SSSR count). The second kappa shape index (κ2) is 6.45. The number of hydrogen-bond acceptors (Lipinski definition) is 6. The van der Waals surface area contributed by atoms with Crippen LogP contribution in [0.2, 0.25) is 0 Å². The van der Waals surface area contributed by atoms with E-state index in [1.807, 2.05) is 9.47 Å². The van der Waals surface area contributed by atoms with Crippen molar-refractivity contribution in [3.63, 3.8) is 0 Å². The number of benzene rings is 1. The minimum absolute atomic E-state index is 0.190. The van der Waals surface area contributed by atoms with Crippen LogP contribution in [0.1, 0.15) is 6.92 Å². The average Bonchev–Trinajstić information content (AvgIpc) is 2.91. The summed E-state index contributed by atoms with van der Waals surface area (Å²) in [6.45, 7) is 2.75. The summed E-state index contributed by atoms with van der Waals surface area (Å²) in [6.07, 6.45) is 0. The second-order valence-corrected chi connectivity index (χ2v) is 5.67. The maximum atomic E-state index is 14.0. The molecule has 1 aromatic carbocycles. The lowest BCUT2D eigenvalue weighted by Crippen LogP contribution is -2.35. The molecule has 0 bridgehead atoms. The van der Waals surface area contributed by atoms with Crippen LogP contribution in [0.4, 0.5) is 4.39 Å². The highest BCUT2D eigenvalue weighted by atomic mass is 32.2. The minimum Gasteiger partial charge on any atom is -0.465 e. The number of rotatable bonds is 4. The van der Waals surface area contributed by atoms with E-state index >= 15 is 0 Å². The van der Waals surface area contributed by atoms with Crippen molar-refractivity contribution in [2.24, 2.45) is 0 Å². The van der Waals surface area contributed by atoms with Gasteiger partial charge in [-0.1, -0.05) is 23.9 Å². The summed E-state index contributed by atoms with van der Waals surface area (Å²) in [5.41, 5.74) is 0.403. The highest BCUT2D eigenvalue weighted by molar-refractivity contribution is 7.99. The molecule has 0 N–H and O–H groups in total. The monoisotopic (exact) mass is 322 g/mol. The number of thioether (sulfide) groups is 1. The molecule has 0 fully saturated rings. The number of halogens is 1. The molecule has 116 valence electrons. The third kappa shape index (κ3) is 2.97. The zero-order valence-electron chi connectivity index (χ0n) is 12.0. The molecule has 0 atom stereocenters. The van der Waals surface area contributed by atoms with Crippen molar-refractivity contribution in [1.82, 2.24) is 19.7 Å². The van der Waals surface area contributed by atoms with Crippen LogP contribution in [0.25, 0.3) is 11.4 Å². The summed E-state index contributed by atoms with van der Waals surface area (Å²) in [5.74, 6) is 0.472. The molecule has 2 aromatic rings. The molecule has 0 radical (unpaired) electrons. The SMILES string of the molecule is CCOC(=O)CN1CSc2nnc(-c3ccccc3F)n2C1. The Kier molecular flexibility index (Phi) is 4.39. The van der Waals surface area contributed by atoms with E-state index in [0.717, 1.165) is 5.16 Å². The first-order chi connectivity index (χ1) is 10.7. The fourth-order valence-corrected chi connectivity index (χ4v) is 3.11. The van der Waals surface area contributed by atoms with E-state index in [2.05, 4.69) is 10.2 Å². The lowest BCUT2D eigenvalue weighted by atomic mass is 10.2. The Hall–Kier alpha value is -1.93. The lowest BCUT2D eigenvalue weighted by Gasteiger charge is -2.26. The molecule has 0 aliphatic carbocycles. The Morgan fingerprint density at radius 3 is 3.00 bits per heavy atom. The number of carbonyl (C=O) groups is 1. The number of aromatic nitrogens is 3. The van der Waals surface area contributed by atoms with Gasteiger partial charge < -0.3 is 4.74 Å². The number of hydrogen-bond donors (Lipinski definition) is 0. The van der Waals surface area contributed by atoms with Gasteiger partial charge in [-0.2, -0.15) is 0 Å². The summed E-state index contributed by atoms with van der Waals surface area (Å²) < 4.78 is 20.7. The van der Waals surface area contributed by atoms with Gasteiger partial charge in [0, 0.05) is 0 Å². The second-order valence-electron chi connectivity index (χ2n) is 4.76. The van der Waals surface area contributed by atoms with Crippen LogP contribution < -0.4 is 0 Å². The van der Waals surface area contributed by atoms with Gasteiger partial charge in [0.25, 0.3) is 0 Å². The number of carbonyl (C=O) groups excluding carboxylic acids is 1. The van der Waals surface area contributed by atoms with E-state index in [9.17, 15) is 9.18 Å². The maximum absolute atomic E-state index is 14.0. The third-order valence-electron chi connectivity index (χ3n) is 3.21. The number of fused-ring (bicyclic) bond motifs is 1. The van der Waals surface area contributed by atoms with E-state index in [1.54, 1.807) is 25.1 Å². The first kappa shape index (κ1) is 15.0. The van der Waals surface area contributed by atoms with Gasteiger partial charge in [-0.25, -0.2) is 4.39 Å². The molecular weight excluding hydrogens is 307 g/mol. The summed E-state index contributed by atoms with van der Waals surface area (Å²) in [7, 11) is 0. The van der Waals surface area contributed by atoms with E-state index in [1.165, 1.54) is 17.8 Å². The molecular formula is C14H15FN4O2S. The molecule has 0 spiro atoms. The van der Waals surface area contributed by atoms with E-state index in [-0.39, 0.29) is 18.3 Å². The first-order valence-corrected chi connectivity index (χ1v) is 7.86. The highest BCUT2D eigenvalue weighted by Crippen LogP contribution is 2.29. The fraction of sp³-hybridized carbons (Fsp3) is 0.357. The molecule has 1 aliphatic heterocycles. The summed E-state index contributed by atoms with van der Waals surface area (Å²) in [4.78, 5) is 13.5. The van der Waals surface area contributed by atoms with E-state index in [4.69, 9.17) is 4.74 Å². The van der Waals surface area contributed by atoms with Crippen molar-refractivity contribution in [2.45, 2.75) is 18.7 Å². The molecule has 0 unspecified atom stereocenters. The van der Waals surface area contributed by atoms with Gasteiger partial charge in [-0.15, -0.1) is 10.2 Å². The van der Waals surface area contributed by atoms with Crippen LogP contribution in [-0.4, -0.2) is 44.7 Å². The van der Waals surface area contributed by atoms with Crippen LogP contribution in [0.5, 0.6) is 0 Å². The molecule has 1 aliphatic rings. The van der Waals surface area contributed by atoms with Gasteiger partial charge in [0.1, 0.15) is 5.82 Å². The Morgan fingerprint density at radius 1 is 1.41 bits per heavy atom. The predicted octanol–water partition coefficient (Wildman–Crippen LogP) is 1.97. The first-order valence-electron chi connectivity index (χ1n) is 6.88. The van der Waals surface area contributed by atoms with Gasteiger partial charge in [0.15, 0.2) is 11.0 Å². The molecule has 2 heterocycles. The van der Waals surface area contributed by atoms with Crippen molar-refractivity contribution in [1.29, 1.82) is 0 Å². The summed E-state index contributed by atoms with van der Waals surface area (Å²) in [5, 5.41) is 8.90. The molecule has 0 saturated heterocycles. The van der Waals surface area contributed by atoms with Crippen LogP contribution in [0, 0.1) is 5.82 Å². The van der Waals surface area contributed by atoms with Crippen LogP contribution in [0.15, 0.2) is 29.4 Å². The standard InChI is InChI=1S/C14H15FN4O2S/c1-2-21-12(20)7-18-8-19-13(16-17-14(19)22-9-18)10-5-3-4-6-11(10)15/h3-6H,2,7-9H2,1H3. The molecule has 0 amide bonds. The van der Waals surface area contributed by atoms with Gasteiger partial charge in [0.2, 0.25) is 0 Å². The molecule has 1 aromatic heterocycles. The molecule has 0 saturated carbocycles. The zero-order chi connectivity index (χ0) is 15.5. The van der Waals surface area contributed by atoms with Crippen molar-refractivity contribution >= 4 is 17.7 Å². The van der Waals surface area contributed by atoms with E-state index in [0.29, 0.717) is 30.5 Å². The van der Waals surface area contributed by atoms with Gasteiger partial charge in [-0.05, 0) is 19.1 Å². The fourth-order valence-electron chi connectivity index (χ4n) is 2.24. The average molecular weight is 322 g/mol. The van der Waals surface area contributed by atoms with Crippen molar-refractivity contribution in [3.8, 4) is 11.4 Å². The van der Waals surface area contributed by atoms with Gasteiger partial charge in [0.05, 0.1) is 31.3 Å². The lowest BCUT2D eigenvalue weighted by molar-refractivity contribution is -0.144. The number of ether oxygens (including phenoxy) is 1. The molecule has 22 heavy (non-hydrogen) atoms. The number of esters is 1. The zero-order valence-corrected chi connectivity index (χ0v) is 12.8. The van der Waals surface area contributed by atoms with Crippen LogP contribution in [-0.2, 0) is 16.2 Å². The summed E-state index contributed by atoms with van der Waals surface area (Å²) >= 11 is 1.46. The van der Waals surface area contributed by atoms with E-state index < -0.39 is 0 Å². The normalized spacial score (nSPS) is 14.6. The Labute approximate surface area is 131 Å². The molecule has 8 heteroatoms. The van der Waals surface area contributed by atoms with Gasteiger partial charge in [-0.3, -0.25) is 14.3 Å². The third-order valence-corrected chi connectivity index (χ3v) is 4.26. The Balaban J connectivity index is 1.83. The van der Waals surface area contributed by atoms with Crippen molar-refractivity contribution in [3.05, 3.63) is 30.1 Å². The topological polar surface area (TPSA) is 60.2 Å².